The predicted octanol–water partition coefficient (Wildman–Crippen LogP) is 3.63. The monoisotopic (exact) mass is 397 g/mol. The summed E-state index contributed by atoms with van der Waals surface area (Å²) in [7, 11) is 1.50. The van der Waals surface area contributed by atoms with Crippen molar-refractivity contribution < 1.29 is 19.0 Å². The lowest BCUT2D eigenvalue weighted by molar-refractivity contribution is 0.0894. The number of benzene rings is 2. The van der Waals surface area contributed by atoms with Crippen molar-refractivity contribution in [1.29, 1.82) is 0 Å². The first-order valence-electron chi connectivity index (χ1n) is 9.35. The van der Waals surface area contributed by atoms with Crippen LogP contribution >= 0.6 is 0 Å². The molecule has 0 aliphatic carbocycles. The van der Waals surface area contributed by atoms with E-state index in [0.29, 0.717) is 27.9 Å². The van der Waals surface area contributed by atoms with Gasteiger partial charge in [-0.3, -0.25) is 9.89 Å². The van der Waals surface area contributed by atoms with Crippen LogP contribution in [0.15, 0.2) is 36.4 Å². The van der Waals surface area contributed by atoms with Crippen molar-refractivity contribution in [2.75, 3.05) is 13.7 Å². The van der Waals surface area contributed by atoms with Gasteiger partial charge in [0.2, 0.25) is 0 Å². The highest BCUT2D eigenvalue weighted by Crippen LogP contribution is 2.32. The maximum Gasteiger partial charge on any atom is 0.255 e. The Morgan fingerprint density at radius 1 is 1.24 bits per heavy atom. The highest BCUT2D eigenvalue weighted by Gasteiger charge is 2.22. The number of rotatable bonds is 7. The topological polar surface area (TPSA) is 87.2 Å². The Kier molecular flexibility index (Phi) is 6.29. The van der Waals surface area contributed by atoms with Crippen molar-refractivity contribution in [3.05, 3.63) is 59.0 Å². The Morgan fingerprint density at radius 3 is 2.59 bits per heavy atom. The average Bonchev–Trinajstić information content (AvgIpc) is 3.13. The van der Waals surface area contributed by atoms with Gasteiger partial charge in [0, 0.05) is 0 Å². The molecule has 0 spiro atoms. The van der Waals surface area contributed by atoms with E-state index >= 15 is 0 Å². The first-order chi connectivity index (χ1) is 13.9. The highest BCUT2D eigenvalue weighted by atomic mass is 19.1. The number of H-pyrrole nitrogens is 1. The molecule has 0 aliphatic heterocycles. The van der Waals surface area contributed by atoms with Gasteiger partial charge in [0.1, 0.15) is 11.6 Å². The third kappa shape index (κ3) is 4.46. The Balaban J connectivity index is 1.98. The number of aliphatic hydroxyl groups is 1. The van der Waals surface area contributed by atoms with E-state index in [9.17, 15) is 14.3 Å². The summed E-state index contributed by atoms with van der Waals surface area (Å²) in [6.45, 7) is 3.71. The molecule has 1 atom stereocenters. The van der Waals surface area contributed by atoms with Gasteiger partial charge >= 0.3 is 0 Å². The number of carbonyl (C=O) groups is 1. The first-order valence-corrected chi connectivity index (χ1v) is 9.35. The van der Waals surface area contributed by atoms with Gasteiger partial charge in [-0.1, -0.05) is 32.1 Å². The molecule has 0 saturated carbocycles. The van der Waals surface area contributed by atoms with Gasteiger partial charge in [-0.05, 0) is 41.8 Å². The molecule has 2 aromatic carbocycles. The van der Waals surface area contributed by atoms with Crippen LogP contribution in [0.2, 0.25) is 0 Å². The molecule has 7 heteroatoms. The van der Waals surface area contributed by atoms with Crippen LogP contribution in [0.1, 0.15) is 35.5 Å². The minimum absolute atomic E-state index is 0.0850. The van der Waals surface area contributed by atoms with E-state index in [-0.39, 0.29) is 30.3 Å². The summed E-state index contributed by atoms with van der Waals surface area (Å²) in [5.41, 5.74) is 2.50. The van der Waals surface area contributed by atoms with Crippen LogP contribution in [0.25, 0.3) is 23.1 Å². The molecule has 3 rings (SSSR count). The molecule has 29 heavy (non-hydrogen) atoms. The van der Waals surface area contributed by atoms with Crippen LogP contribution < -0.4 is 10.1 Å². The fourth-order valence-corrected chi connectivity index (χ4v) is 3.04. The van der Waals surface area contributed by atoms with E-state index in [4.69, 9.17) is 4.74 Å². The van der Waals surface area contributed by atoms with Crippen LogP contribution in [0.4, 0.5) is 4.39 Å². The minimum Gasteiger partial charge on any atom is -0.495 e. The SMILES string of the molecule is COc1c(C(=O)N[C@H](CO)C(C)C)ccc2n[nH]c(C=Cc3ccc(F)cc3)c12. The Labute approximate surface area is 168 Å². The number of ether oxygens (including phenoxy) is 1. The van der Waals surface area contributed by atoms with Gasteiger partial charge in [0.25, 0.3) is 5.91 Å². The normalized spacial score (nSPS) is 12.6. The number of aliphatic hydroxyl groups excluding tert-OH is 1. The van der Waals surface area contributed by atoms with Gasteiger partial charge in [-0.15, -0.1) is 0 Å². The summed E-state index contributed by atoms with van der Waals surface area (Å²) < 4.78 is 18.6. The highest BCUT2D eigenvalue weighted by molar-refractivity contribution is 6.05. The van der Waals surface area contributed by atoms with Gasteiger partial charge in [0.05, 0.1) is 41.9 Å². The lowest BCUT2D eigenvalue weighted by atomic mass is 10.0. The Bertz CT molecular complexity index is 1030. The van der Waals surface area contributed by atoms with E-state index in [1.54, 1.807) is 30.3 Å². The molecule has 0 saturated heterocycles. The molecular weight excluding hydrogens is 373 g/mol. The lowest BCUT2D eigenvalue weighted by Crippen LogP contribution is -2.41. The number of hydrogen-bond acceptors (Lipinski definition) is 4. The molecule has 0 bridgehead atoms. The maximum absolute atomic E-state index is 13.1. The second kappa shape index (κ2) is 8.87. The number of carbonyl (C=O) groups excluding carboxylic acids is 1. The summed E-state index contributed by atoms with van der Waals surface area (Å²) in [4.78, 5) is 12.8. The molecule has 152 valence electrons. The summed E-state index contributed by atoms with van der Waals surface area (Å²) in [6.07, 6.45) is 3.62. The summed E-state index contributed by atoms with van der Waals surface area (Å²) >= 11 is 0. The Hall–Kier alpha value is -3.19. The third-order valence-electron chi connectivity index (χ3n) is 4.78. The van der Waals surface area contributed by atoms with Gasteiger partial charge in [0.15, 0.2) is 0 Å². The molecule has 0 aliphatic rings. The van der Waals surface area contributed by atoms with Crippen LogP contribution in [-0.2, 0) is 0 Å². The zero-order valence-corrected chi connectivity index (χ0v) is 16.6. The average molecular weight is 397 g/mol. The van der Waals surface area contributed by atoms with Gasteiger partial charge < -0.3 is 15.2 Å². The van der Waals surface area contributed by atoms with Crippen molar-refractivity contribution in [3.8, 4) is 5.75 Å². The number of fused-ring (bicyclic) bond motifs is 1. The molecule has 6 nitrogen and oxygen atoms in total. The summed E-state index contributed by atoms with van der Waals surface area (Å²) in [5, 5.41) is 20.2. The Morgan fingerprint density at radius 2 is 1.97 bits per heavy atom. The molecule has 3 N–H and O–H groups in total. The van der Waals surface area contributed by atoms with E-state index in [1.807, 2.05) is 19.9 Å². The number of aromatic nitrogens is 2. The van der Waals surface area contributed by atoms with Crippen LogP contribution in [0.3, 0.4) is 0 Å². The molecule has 3 aromatic rings. The molecule has 1 heterocycles. The number of nitrogens with zero attached hydrogens (tertiary/aromatic N) is 1. The minimum atomic E-state index is -0.356. The van der Waals surface area contributed by atoms with E-state index < -0.39 is 0 Å². The van der Waals surface area contributed by atoms with E-state index in [0.717, 1.165) is 5.56 Å². The molecule has 1 amide bonds. The summed E-state index contributed by atoms with van der Waals surface area (Å²) in [6, 6.07) is 9.15. The second-order valence-corrected chi connectivity index (χ2v) is 7.07. The number of halogens is 1. The molecule has 0 unspecified atom stereocenters. The van der Waals surface area contributed by atoms with Crippen molar-refractivity contribution in [1.82, 2.24) is 15.5 Å². The number of amides is 1. The zero-order chi connectivity index (χ0) is 21.0. The fourth-order valence-electron chi connectivity index (χ4n) is 3.04. The zero-order valence-electron chi connectivity index (χ0n) is 16.6. The number of hydrogen-bond donors (Lipinski definition) is 3. The van der Waals surface area contributed by atoms with Crippen molar-refractivity contribution in [2.45, 2.75) is 19.9 Å². The quantitative estimate of drug-likeness (QED) is 0.568. The third-order valence-corrected chi connectivity index (χ3v) is 4.78. The van der Waals surface area contributed by atoms with Crippen LogP contribution in [0.5, 0.6) is 5.75 Å². The van der Waals surface area contributed by atoms with Crippen molar-refractivity contribution in [2.24, 2.45) is 5.92 Å². The summed E-state index contributed by atoms with van der Waals surface area (Å²) in [5.74, 6) is -0.144. The smallest absolute Gasteiger partial charge is 0.255 e. The second-order valence-electron chi connectivity index (χ2n) is 7.07. The maximum atomic E-state index is 13.1. The van der Waals surface area contributed by atoms with E-state index in [1.165, 1.54) is 19.2 Å². The molecule has 0 fully saturated rings. The molecular formula is C22H24FN3O3. The first kappa shape index (κ1) is 20.5. The van der Waals surface area contributed by atoms with Crippen LogP contribution in [0, 0.1) is 11.7 Å². The van der Waals surface area contributed by atoms with Gasteiger partial charge in [-0.25, -0.2) is 4.39 Å². The number of nitrogens with one attached hydrogen (secondary N) is 2. The van der Waals surface area contributed by atoms with E-state index in [2.05, 4.69) is 15.5 Å². The number of methoxy groups -OCH3 is 1. The molecule has 0 radical (unpaired) electrons. The largest absolute Gasteiger partial charge is 0.495 e. The van der Waals surface area contributed by atoms with Crippen LogP contribution in [-0.4, -0.2) is 41.0 Å². The molecule has 1 aromatic heterocycles. The number of aromatic amines is 1. The predicted molar refractivity (Wildman–Crippen MR) is 111 cm³/mol. The van der Waals surface area contributed by atoms with Crippen molar-refractivity contribution in [3.63, 3.8) is 0 Å². The van der Waals surface area contributed by atoms with Gasteiger partial charge in [-0.2, -0.15) is 5.10 Å². The van der Waals surface area contributed by atoms with Crippen molar-refractivity contribution >= 4 is 29.0 Å². The standard InChI is InChI=1S/C22H24FN3O3/c1-13(2)19(12-27)24-22(28)16-9-11-18-20(21(16)29-3)17(25-26-18)10-6-14-4-7-15(23)8-5-14/h4-11,13,19,27H,12H2,1-3H3,(H,24,28)(H,25,26)/t19-/m1/s1. The lowest BCUT2D eigenvalue weighted by Gasteiger charge is -2.20. The fraction of sp³-hybridized carbons (Fsp3) is 0.273.